The van der Waals surface area contributed by atoms with E-state index in [1.807, 2.05) is 6.07 Å². The minimum absolute atomic E-state index is 0.0585. The highest BCUT2D eigenvalue weighted by molar-refractivity contribution is 7.87. The summed E-state index contributed by atoms with van der Waals surface area (Å²) in [5, 5.41) is 1.18. The first kappa shape index (κ1) is 21.6. The molecule has 5 nitrogen and oxygen atoms in total. The van der Waals surface area contributed by atoms with Crippen LogP contribution in [0.1, 0.15) is 32.3 Å². The van der Waals surface area contributed by atoms with Crippen molar-refractivity contribution in [3.63, 3.8) is 0 Å². The standard InChI is InChI=1S/C23H31N3O2S/c1-17(2)15-26-16-22(18(3)14-24-29(27,28)25(4)5)21-12-11-20(13-23(21)26)19-9-7-6-8-10-19/h6-13,16-18,24H,14-15H2,1-5H3. The van der Waals surface area contributed by atoms with Crippen LogP contribution in [0.25, 0.3) is 22.0 Å². The third kappa shape index (κ3) is 4.89. The first-order valence-corrected chi connectivity index (χ1v) is 11.5. The predicted molar refractivity (Wildman–Crippen MR) is 121 cm³/mol. The molecule has 156 valence electrons. The van der Waals surface area contributed by atoms with Gasteiger partial charge in [0.25, 0.3) is 10.2 Å². The number of nitrogens with zero attached hydrogens (tertiary/aromatic N) is 2. The zero-order chi connectivity index (χ0) is 21.2. The molecular weight excluding hydrogens is 382 g/mol. The molecule has 1 heterocycles. The molecular formula is C23H31N3O2S. The van der Waals surface area contributed by atoms with Crippen molar-refractivity contribution in [1.29, 1.82) is 0 Å². The Morgan fingerprint density at radius 2 is 1.69 bits per heavy atom. The minimum atomic E-state index is -3.43. The Morgan fingerprint density at radius 3 is 2.31 bits per heavy atom. The van der Waals surface area contributed by atoms with Gasteiger partial charge in [-0.05, 0) is 34.6 Å². The summed E-state index contributed by atoms with van der Waals surface area (Å²) >= 11 is 0. The second-order valence-electron chi connectivity index (χ2n) is 8.27. The fraction of sp³-hybridized carbons (Fsp3) is 0.391. The lowest BCUT2D eigenvalue weighted by atomic mass is 9.98. The van der Waals surface area contributed by atoms with Crippen LogP contribution in [0.2, 0.25) is 0 Å². The molecule has 0 bridgehead atoms. The van der Waals surface area contributed by atoms with Crippen LogP contribution < -0.4 is 4.72 Å². The van der Waals surface area contributed by atoms with E-state index in [4.69, 9.17) is 0 Å². The molecule has 3 aromatic rings. The minimum Gasteiger partial charge on any atom is -0.347 e. The maximum Gasteiger partial charge on any atom is 0.278 e. The van der Waals surface area contributed by atoms with Crippen LogP contribution in [-0.4, -0.2) is 37.9 Å². The summed E-state index contributed by atoms with van der Waals surface area (Å²) in [5.74, 6) is 0.574. The number of benzene rings is 2. The Morgan fingerprint density at radius 1 is 1.00 bits per heavy atom. The van der Waals surface area contributed by atoms with Gasteiger partial charge in [0.15, 0.2) is 0 Å². The van der Waals surface area contributed by atoms with Gasteiger partial charge >= 0.3 is 0 Å². The Hall–Kier alpha value is -2.15. The maximum absolute atomic E-state index is 12.1. The van der Waals surface area contributed by atoms with Gasteiger partial charge in [-0.25, -0.2) is 4.72 Å². The van der Waals surface area contributed by atoms with E-state index >= 15 is 0 Å². The third-order valence-corrected chi connectivity index (χ3v) is 6.66. The van der Waals surface area contributed by atoms with E-state index < -0.39 is 10.2 Å². The molecule has 0 spiro atoms. The molecule has 2 aromatic carbocycles. The highest BCUT2D eigenvalue weighted by atomic mass is 32.2. The van der Waals surface area contributed by atoms with Crippen molar-refractivity contribution in [1.82, 2.24) is 13.6 Å². The van der Waals surface area contributed by atoms with Crippen LogP contribution in [0.4, 0.5) is 0 Å². The van der Waals surface area contributed by atoms with Crippen molar-refractivity contribution in [2.75, 3.05) is 20.6 Å². The van der Waals surface area contributed by atoms with E-state index in [0.717, 1.165) is 6.54 Å². The molecule has 0 radical (unpaired) electrons. The molecule has 1 aromatic heterocycles. The summed E-state index contributed by atoms with van der Waals surface area (Å²) < 4.78 is 30.4. The number of aromatic nitrogens is 1. The van der Waals surface area contributed by atoms with Gasteiger partial charge in [-0.1, -0.05) is 63.2 Å². The van der Waals surface area contributed by atoms with Crippen LogP contribution in [-0.2, 0) is 16.8 Å². The summed E-state index contributed by atoms with van der Waals surface area (Å²) in [7, 11) is -0.364. The van der Waals surface area contributed by atoms with Crippen LogP contribution >= 0.6 is 0 Å². The van der Waals surface area contributed by atoms with Crippen LogP contribution in [0.15, 0.2) is 54.7 Å². The molecule has 0 aliphatic rings. The normalized spacial score (nSPS) is 13.5. The number of rotatable bonds is 8. The SMILES string of the molecule is CC(C)Cn1cc(C(C)CNS(=O)(=O)N(C)C)c2ccc(-c3ccccc3)cc21. The van der Waals surface area contributed by atoms with E-state index in [2.05, 4.69) is 78.7 Å². The Bertz CT molecular complexity index is 1070. The zero-order valence-electron chi connectivity index (χ0n) is 17.9. The molecule has 0 saturated carbocycles. The van der Waals surface area contributed by atoms with Gasteiger partial charge in [-0.15, -0.1) is 0 Å². The van der Waals surface area contributed by atoms with Crippen molar-refractivity contribution in [2.45, 2.75) is 33.2 Å². The molecule has 0 aliphatic heterocycles. The lowest BCUT2D eigenvalue weighted by molar-refractivity contribution is 0.501. The molecule has 6 heteroatoms. The Labute approximate surface area is 174 Å². The van der Waals surface area contributed by atoms with Crippen molar-refractivity contribution >= 4 is 21.1 Å². The van der Waals surface area contributed by atoms with E-state index in [0.29, 0.717) is 12.5 Å². The lowest BCUT2D eigenvalue weighted by Gasteiger charge is -2.16. The van der Waals surface area contributed by atoms with E-state index in [1.165, 1.54) is 46.0 Å². The smallest absolute Gasteiger partial charge is 0.278 e. The molecule has 1 unspecified atom stereocenters. The highest BCUT2D eigenvalue weighted by Crippen LogP contribution is 2.32. The van der Waals surface area contributed by atoms with Gasteiger partial charge in [0.1, 0.15) is 0 Å². The highest BCUT2D eigenvalue weighted by Gasteiger charge is 2.19. The Balaban J connectivity index is 1.99. The first-order valence-electron chi connectivity index (χ1n) is 10.0. The molecule has 0 amide bonds. The fourth-order valence-electron chi connectivity index (χ4n) is 3.54. The molecule has 3 rings (SSSR count). The average Bonchev–Trinajstić information content (AvgIpc) is 3.04. The molecule has 0 fully saturated rings. The summed E-state index contributed by atoms with van der Waals surface area (Å²) in [6, 6.07) is 16.9. The van der Waals surface area contributed by atoms with Gasteiger partial charge < -0.3 is 4.57 Å². The van der Waals surface area contributed by atoms with E-state index in [1.54, 1.807) is 0 Å². The quantitative estimate of drug-likeness (QED) is 0.593. The largest absolute Gasteiger partial charge is 0.347 e. The average molecular weight is 414 g/mol. The van der Waals surface area contributed by atoms with Crippen molar-refractivity contribution in [2.24, 2.45) is 5.92 Å². The summed E-state index contributed by atoms with van der Waals surface area (Å²) in [6.45, 7) is 7.77. The predicted octanol–water partition coefficient (Wildman–Crippen LogP) is 4.46. The molecule has 29 heavy (non-hydrogen) atoms. The first-order chi connectivity index (χ1) is 13.7. The van der Waals surface area contributed by atoms with Gasteiger partial charge in [0.05, 0.1) is 0 Å². The van der Waals surface area contributed by atoms with Crippen LogP contribution in [0, 0.1) is 5.92 Å². The second-order valence-corrected chi connectivity index (χ2v) is 10.2. The zero-order valence-corrected chi connectivity index (χ0v) is 18.7. The lowest BCUT2D eigenvalue weighted by Crippen LogP contribution is -2.37. The van der Waals surface area contributed by atoms with Gasteiger partial charge in [0.2, 0.25) is 0 Å². The fourth-order valence-corrected chi connectivity index (χ4v) is 4.26. The molecule has 0 saturated heterocycles. The number of hydrogen-bond donors (Lipinski definition) is 1. The second kappa shape index (κ2) is 8.69. The topological polar surface area (TPSA) is 54.3 Å². The third-order valence-electron chi connectivity index (χ3n) is 5.17. The Kier molecular flexibility index (Phi) is 6.46. The van der Waals surface area contributed by atoms with Gasteiger partial charge in [0, 0.05) is 44.3 Å². The number of nitrogens with one attached hydrogen (secondary N) is 1. The van der Waals surface area contributed by atoms with Crippen molar-refractivity contribution < 1.29 is 8.42 Å². The molecule has 0 aliphatic carbocycles. The van der Waals surface area contributed by atoms with E-state index in [-0.39, 0.29) is 5.92 Å². The molecule has 1 atom stereocenters. The summed E-state index contributed by atoms with van der Waals surface area (Å²) in [6.07, 6.45) is 2.19. The number of fused-ring (bicyclic) bond motifs is 1. The van der Waals surface area contributed by atoms with Gasteiger partial charge in [-0.2, -0.15) is 12.7 Å². The summed E-state index contributed by atoms with van der Waals surface area (Å²) in [5.41, 5.74) is 4.74. The monoisotopic (exact) mass is 413 g/mol. The summed E-state index contributed by atoms with van der Waals surface area (Å²) in [4.78, 5) is 0. The van der Waals surface area contributed by atoms with E-state index in [9.17, 15) is 8.42 Å². The van der Waals surface area contributed by atoms with Crippen molar-refractivity contribution in [3.05, 3.63) is 60.3 Å². The molecule has 1 N–H and O–H groups in total. The van der Waals surface area contributed by atoms with Crippen LogP contribution in [0.3, 0.4) is 0 Å². The van der Waals surface area contributed by atoms with Crippen molar-refractivity contribution in [3.8, 4) is 11.1 Å². The maximum atomic E-state index is 12.1. The van der Waals surface area contributed by atoms with Crippen LogP contribution in [0.5, 0.6) is 0 Å². The number of hydrogen-bond acceptors (Lipinski definition) is 2. The van der Waals surface area contributed by atoms with Gasteiger partial charge in [-0.3, -0.25) is 0 Å².